The first-order valence-electron chi connectivity index (χ1n) is 5.59. The molecule has 2 nitrogen and oxygen atoms in total. The third-order valence-corrected chi connectivity index (χ3v) is 2.03. The fourth-order valence-electron chi connectivity index (χ4n) is 1.40. The van der Waals surface area contributed by atoms with E-state index in [0.717, 1.165) is 18.0 Å². The van der Waals surface area contributed by atoms with Crippen LogP contribution in [0, 0.1) is 19.8 Å². The maximum Gasteiger partial charge on any atom is 0.142 e. The molecule has 1 aliphatic heterocycles. The van der Waals surface area contributed by atoms with Gasteiger partial charge < -0.3 is 10.1 Å². The summed E-state index contributed by atoms with van der Waals surface area (Å²) in [6.07, 6.45) is 8.00. The molecule has 1 atom stereocenters. The van der Waals surface area contributed by atoms with Crippen LogP contribution < -0.4 is 10.1 Å². The number of aryl methyl sites for hydroxylation is 1. The van der Waals surface area contributed by atoms with Gasteiger partial charge in [0.2, 0.25) is 0 Å². The standard InChI is InChI=1S/C10H13NO.C2H6.C2H2/c1-7-3-4-10-9(5-7)11-8(2)6-12-10;2*1-2/h3-5,8,11H,6H2,1-2H3;1-2H3;1-2H/t8-;;/m1../s1. The monoisotopic (exact) mass is 219 g/mol. The van der Waals surface area contributed by atoms with Crippen LogP contribution in [0.25, 0.3) is 0 Å². The summed E-state index contributed by atoms with van der Waals surface area (Å²) in [6, 6.07) is 6.62. The van der Waals surface area contributed by atoms with Gasteiger partial charge in [-0.1, -0.05) is 19.9 Å². The van der Waals surface area contributed by atoms with Gasteiger partial charge in [-0.05, 0) is 31.5 Å². The molecule has 1 aliphatic rings. The van der Waals surface area contributed by atoms with Crippen LogP contribution in [-0.4, -0.2) is 12.6 Å². The van der Waals surface area contributed by atoms with Crippen molar-refractivity contribution in [1.29, 1.82) is 0 Å². The average molecular weight is 219 g/mol. The van der Waals surface area contributed by atoms with Crippen LogP contribution in [0.2, 0.25) is 0 Å². The normalized spacial score (nSPS) is 16.0. The molecule has 1 aromatic rings. The molecule has 0 aromatic heterocycles. The molecule has 2 heteroatoms. The number of benzene rings is 1. The first kappa shape index (κ1) is 14.4. The second-order valence-electron chi connectivity index (χ2n) is 3.36. The highest BCUT2D eigenvalue weighted by atomic mass is 16.5. The molecule has 0 bridgehead atoms. The number of ether oxygens (including phenoxy) is 1. The predicted molar refractivity (Wildman–Crippen MR) is 71.0 cm³/mol. The molecular weight excluding hydrogens is 198 g/mol. The Bertz CT molecular complexity index is 331. The molecule has 0 amide bonds. The number of nitrogens with one attached hydrogen (secondary N) is 1. The molecular formula is C14H21NO. The summed E-state index contributed by atoms with van der Waals surface area (Å²) in [5, 5.41) is 3.38. The topological polar surface area (TPSA) is 21.3 Å². The molecule has 0 aliphatic carbocycles. The van der Waals surface area contributed by atoms with Gasteiger partial charge in [-0.25, -0.2) is 0 Å². The number of hydrogen-bond donors (Lipinski definition) is 1. The van der Waals surface area contributed by atoms with E-state index in [4.69, 9.17) is 4.74 Å². The number of rotatable bonds is 0. The summed E-state index contributed by atoms with van der Waals surface area (Å²) in [5.41, 5.74) is 2.38. The van der Waals surface area contributed by atoms with Crippen LogP contribution in [-0.2, 0) is 0 Å². The van der Waals surface area contributed by atoms with Crippen LogP contribution in [0.4, 0.5) is 5.69 Å². The zero-order chi connectivity index (χ0) is 12.6. The molecule has 88 valence electrons. The van der Waals surface area contributed by atoms with Crippen molar-refractivity contribution in [3.8, 4) is 18.6 Å². The van der Waals surface area contributed by atoms with Crippen LogP contribution in [0.1, 0.15) is 26.3 Å². The Hall–Kier alpha value is -1.62. The summed E-state index contributed by atoms with van der Waals surface area (Å²) in [7, 11) is 0. The molecule has 2 rings (SSSR count). The number of hydrogen-bond acceptors (Lipinski definition) is 2. The molecule has 0 saturated carbocycles. The van der Waals surface area contributed by atoms with Gasteiger partial charge in [-0.15, -0.1) is 12.8 Å². The first-order valence-corrected chi connectivity index (χ1v) is 5.59. The lowest BCUT2D eigenvalue weighted by Crippen LogP contribution is -2.28. The largest absolute Gasteiger partial charge is 0.489 e. The summed E-state index contributed by atoms with van der Waals surface area (Å²) >= 11 is 0. The second kappa shape index (κ2) is 7.64. The Morgan fingerprint density at radius 3 is 2.56 bits per heavy atom. The first-order chi connectivity index (χ1) is 7.75. The van der Waals surface area contributed by atoms with Gasteiger partial charge in [-0.2, -0.15) is 0 Å². The average Bonchev–Trinajstić information content (AvgIpc) is 2.33. The molecule has 0 unspecified atom stereocenters. The zero-order valence-electron chi connectivity index (χ0n) is 10.6. The number of fused-ring (bicyclic) bond motifs is 1. The molecule has 1 aromatic carbocycles. The van der Waals surface area contributed by atoms with Crippen molar-refractivity contribution in [2.24, 2.45) is 0 Å². The predicted octanol–water partition coefficient (Wildman–Crippen LogP) is 3.46. The minimum Gasteiger partial charge on any atom is -0.489 e. The quantitative estimate of drug-likeness (QED) is 0.675. The van der Waals surface area contributed by atoms with E-state index in [2.05, 4.69) is 44.1 Å². The van der Waals surface area contributed by atoms with Gasteiger partial charge in [-0.3, -0.25) is 0 Å². The van der Waals surface area contributed by atoms with Crippen molar-refractivity contribution >= 4 is 5.69 Å². The van der Waals surface area contributed by atoms with E-state index in [-0.39, 0.29) is 0 Å². The van der Waals surface area contributed by atoms with Gasteiger partial charge in [0.15, 0.2) is 0 Å². The van der Waals surface area contributed by atoms with Crippen molar-refractivity contribution in [3.05, 3.63) is 23.8 Å². The maximum atomic E-state index is 5.53. The summed E-state index contributed by atoms with van der Waals surface area (Å²) in [6.45, 7) is 8.96. The number of terminal acetylenes is 1. The highest BCUT2D eigenvalue weighted by Gasteiger charge is 2.13. The lowest BCUT2D eigenvalue weighted by molar-refractivity contribution is 0.292. The highest BCUT2D eigenvalue weighted by molar-refractivity contribution is 5.59. The van der Waals surface area contributed by atoms with Crippen molar-refractivity contribution in [2.75, 3.05) is 11.9 Å². The van der Waals surface area contributed by atoms with Gasteiger partial charge in [0.05, 0.1) is 11.7 Å². The van der Waals surface area contributed by atoms with Crippen molar-refractivity contribution in [1.82, 2.24) is 0 Å². The number of anilines is 1. The van der Waals surface area contributed by atoms with Crippen LogP contribution in [0.3, 0.4) is 0 Å². The highest BCUT2D eigenvalue weighted by Crippen LogP contribution is 2.29. The van der Waals surface area contributed by atoms with Crippen LogP contribution in [0.15, 0.2) is 18.2 Å². The Morgan fingerprint density at radius 2 is 1.94 bits per heavy atom. The van der Waals surface area contributed by atoms with E-state index in [0.29, 0.717) is 6.04 Å². The van der Waals surface area contributed by atoms with Gasteiger partial charge in [0, 0.05) is 0 Å². The summed E-state index contributed by atoms with van der Waals surface area (Å²) in [5.74, 6) is 0.971. The molecule has 0 saturated heterocycles. The zero-order valence-corrected chi connectivity index (χ0v) is 10.6. The van der Waals surface area contributed by atoms with E-state index in [9.17, 15) is 0 Å². The lowest BCUT2D eigenvalue weighted by atomic mass is 10.1. The van der Waals surface area contributed by atoms with E-state index < -0.39 is 0 Å². The fraction of sp³-hybridized carbons (Fsp3) is 0.429. The minimum absolute atomic E-state index is 0.416. The lowest BCUT2D eigenvalue weighted by Gasteiger charge is -2.24. The molecule has 1 N–H and O–H groups in total. The SMILES string of the molecule is C#C.CC.Cc1ccc2c(c1)N[C@H](C)CO2. The molecule has 0 radical (unpaired) electrons. The third kappa shape index (κ3) is 3.86. The smallest absolute Gasteiger partial charge is 0.142 e. The molecule has 1 heterocycles. The van der Waals surface area contributed by atoms with E-state index in [1.165, 1.54) is 5.56 Å². The molecule has 0 fully saturated rings. The van der Waals surface area contributed by atoms with Gasteiger partial charge in [0.25, 0.3) is 0 Å². The van der Waals surface area contributed by atoms with Crippen molar-refractivity contribution < 1.29 is 4.74 Å². The van der Waals surface area contributed by atoms with E-state index in [1.54, 1.807) is 0 Å². The minimum atomic E-state index is 0.416. The Morgan fingerprint density at radius 1 is 1.31 bits per heavy atom. The fourth-order valence-corrected chi connectivity index (χ4v) is 1.40. The van der Waals surface area contributed by atoms with Gasteiger partial charge in [0.1, 0.15) is 12.4 Å². The Kier molecular flexibility index (Phi) is 6.87. The van der Waals surface area contributed by atoms with Gasteiger partial charge >= 0.3 is 0 Å². The Labute approximate surface area is 99.0 Å². The summed E-state index contributed by atoms with van der Waals surface area (Å²) < 4.78 is 5.53. The van der Waals surface area contributed by atoms with Crippen molar-refractivity contribution in [2.45, 2.75) is 33.7 Å². The Balaban J connectivity index is 0.000000509. The summed E-state index contributed by atoms with van der Waals surface area (Å²) in [4.78, 5) is 0. The molecule has 0 spiro atoms. The van der Waals surface area contributed by atoms with Crippen molar-refractivity contribution in [3.63, 3.8) is 0 Å². The third-order valence-electron chi connectivity index (χ3n) is 2.03. The van der Waals surface area contributed by atoms with E-state index in [1.807, 2.05) is 19.9 Å². The van der Waals surface area contributed by atoms with E-state index >= 15 is 0 Å². The van der Waals surface area contributed by atoms with Crippen LogP contribution >= 0.6 is 0 Å². The molecule has 16 heavy (non-hydrogen) atoms. The maximum absolute atomic E-state index is 5.53. The second-order valence-corrected chi connectivity index (χ2v) is 3.36. The van der Waals surface area contributed by atoms with Crippen LogP contribution in [0.5, 0.6) is 5.75 Å².